The highest BCUT2D eigenvalue weighted by atomic mass is 32.1. The Kier molecular flexibility index (Phi) is 3.80. The molecule has 3 aliphatic heterocycles. The van der Waals surface area contributed by atoms with E-state index in [1.165, 1.54) is 6.07 Å². The second kappa shape index (κ2) is 5.74. The second-order valence-electron chi connectivity index (χ2n) is 6.55. The Balaban J connectivity index is 1.59. The molecule has 1 atom stereocenters. The Morgan fingerprint density at radius 1 is 1.25 bits per heavy atom. The summed E-state index contributed by atoms with van der Waals surface area (Å²) in [5.41, 5.74) is -0.674. The zero-order valence-electron chi connectivity index (χ0n) is 12.9. The standard InChI is InChI=1S/C17H17F3N2OS/c18-17(19,20)12-3-1-2-11-8-14(24-15(11)12)16(23)21-13-9-22-6-4-10(13)5-7-22/h1-3,8,10,13H,4-7,9H2,(H,21,23)/t13-/m1/s1. The van der Waals surface area contributed by atoms with Gasteiger partial charge in [-0.1, -0.05) is 12.1 Å². The lowest BCUT2D eigenvalue weighted by atomic mass is 9.84. The minimum absolute atomic E-state index is 0.104. The van der Waals surface area contributed by atoms with Crippen LogP contribution in [0.3, 0.4) is 0 Å². The summed E-state index contributed by atoms with van der Waals surface area (Å²) in [6.07, 6.45) is -2.25. The maximum absolute atomic E-state index is 13.1. The van der Waals surface area contributed by atoms with Gasteiger partial charge in [0.2, 0.25) is 0 Å². The van der Waals surface area contributed by atoms with Crippen molar-refractivity contribution in [2.24, 2.45) is 5.92 Å². The van der Waals surface area contributed by atoms with Gasteiger partial charge >= 0.3 is 6.18 Å². The molecular formula is C17H17F3N2OS. The quantitative estimate of drug-likeness (QED) is 0.891. The number of piperidine rings is 3. The average molecular weight is 354 g/mol. The highest BCUT2D eigenvalue weighted by Gasteiger charge is 2.36. The molecule has 1 aromatic carbocycles. The van der Waals surface area contributed by atoms with Gasteiger partial charge in [-0.2, -0.15) is 13.2 Å². The van der Waals surface area contributed by atoms with E-state index in [0.717, 1.165) is 49.9 Å². The first-order chi connectivity index (χ1) is 11.4. The van der Waals surface area contributed by atoms with Crippen molar-refractivity contribution < 1.29 is 18.0 Å². The number of halogens is 3. The molecule has 2 aromatic rings. The molecule has 5 rings (SSSR count). The molecule has 128 valence electrons. The highest BCUT2D eigenvalue weighted by Crippen LogP contribution is 2.38. The topological polar surface area (TPSA) is 32.3 Å². The molecule has 3 aliphatic rings. The first kappa shape index (κ1) is 15.9. The Hall–Kier alpha value is -1.60. The summed E-state index contributed by atoms with van der Waals surface area (Å²) >= 11 is 0.922. The Morgan fingerprint density at radius 3 is 2.62 bits per heavy atom. The van der Waals surface area contributed by atoms with Gasteiger partial charge in [0.1, 0.15) is 0 Å². The van der Waals surface area contributed by atoms with Crippen LogP contribution in [0, 0.1) is 5.92 Å². The SMILES string of the molecule is O=C(N[C@@H]1CN2CCC1CC2)c1cc2cccc(C(F)(F)F)c2s1. The van der Waals surface area contributed by atoms with Gasteiger partial charge in [0.25, 0.3) is 5.91 Å². The fourth-order valence-corrected chi connectivity index (χ4v) is 4.86. The predicted molar refractivity (Wildman–Crippen MR) is 87.2 cm³/mol. The van der Waals surface area contributed by atoms with E-state index in [1.54, 1.807) is 12.1 Å². The number of nitrogens with zero attached hydrogens (tertiary/aromatic N) is 1. The lowest BCUT2D eigenvalue weighted by Gasteiger charge is -2.44. The van der Waals surface area contributed by atoms with Crippen molar-refractivity contribution >= 4 is 27.3 Å². The second-order valence-corrected chi connectivity index (χ2v) is 7.60. The lowest BCUT2D eigenvalue weighted by Crippen LogP contribution is -2.57. The molecule has 1 aromatic heterocycles. The monoisotopic (exact) mass is 354 g/mol. The molecule has 0 spiro atoms. The van der Waals surface area contributed by atoms with E-state index in [0.29, 0.717) is 16.2 Å². The molecule has 7 heteroatoms. The summed E-state index contributed by atoms with van der Waals surface area (Å²) < 4.78 is 39.4. The van der Waals surface area contributed by atoms with Crippen LogP contribution >= 0.6 is 11.3 Å². The average Bonchev–Trinajstić information content (AvgIpc) is 2.99. The summed E-state index contributed by atoms with van der Waals surface area (Å²) in [5.74, 6) is 0.224. The van der Waals surface area contributed by atoms with Crippen molar-refractivity contribution in [3.05, 3.63) is 34.7 Å². The zero-order valence-corrected chi connectivity index (χ0v) is 13.7. The molecule has 0 radical (unpaired) electrons. The highest BCUT2D eigenvalue weighted by molar-refractivity contribution is 7.21. The number of rotatable bonds is 2. The van der Waals surface area contributed by atoms with Gasteiger partial charge in [0, 0.05) is 17.3 Å². The van der Waals surface area contributed by atoms with E-state index in [4.69, 9.17) is 0 Å². The minimum atomic E-state index is -4.41. The van der Waals surface area contributed by atoms with Gasteiger partial charge in [0.05, 0.1) is 10.4 Å². The molecule has 4 heterocycles. The van der Waals surface area contributed by atoms with Crippen LogP contribution in [-0.2, 0) is 6.18 Å². The van der Waals surface area contributed by atoms with E-state index in [-0.39, 0.29) is 16.6 Å². The van der Waals surface area contributed by atoms with E-state index in [9.17, 15) is 18.0 Å². The maximum Gasteiger partial charge on any atom is 0.417 e. The summed E-state index contributed by atoms with van der Waals surface area (Å²) in [4.78, 5) is 15.2. The fraction of sp³-hybridized carbons (Fsp3) is 0.471. The van der Waals surface area contributed by atoms with Gasteiger partial charge in [-0.15, -0.1) is 11.3 Å². The molecule has 1 amide bonds. The number of fused-ring (bicyclic) bond motifs is 4. The number of carbonyl (C=O) groups excluding carboxylic acids is 1. The van der Waals surface area contributed by atoms with E-state index < -0.39 is 11.7 Å². The largest absolute Gasteiger partial charge is 0.417 e. The number of carbonyl (C=O) groups is 1. The number of amides is 1. The molecule has 3 saturated heterocycles. The number of thiophene rings is 1. The Morgan fingerprint density at radius 2 is 2.00 bits per heavy atom. The molecule has 3 fully saturated rings. The van der Waals surface area contributed by atoms with Crippen LogP contribution in [0.4, 0.5) is 13.2 Å². The van der Waals surface area contributed by atoms with Gasteiger partial charge < -0.3 is 10.2 Å². The van der Waals surface area contributed by atoms with Crippen LogP contribution in [-0.4, -0.2) is 36.5 Å². The third kappa shape index (κ3) is 2.80. The Bertz CT molecular complexity index is 778. The summed E-state index contributed by atoms with van der Waals surface area (Å²) in [6.45, 7) is 3.00. The number of hydrogen-bond acceptors (Lipinski definition) is 3. The minimum Gasteiger partial charge on any atom is -0.347 e. The number of hydrogen-bond donors (Lipinski definition) is 1. The van der Waals surface area contributed by atoms with Gasteiger partial charge in [-0.25, -0.2) is 0 Å². The molecule has 0 saturated carbocycles. The van der Waals surface area contributed by atoms with Crippen molar-refractivity contribution in [3.8, 4) is 0 Å². The van der Waals surface area contributed by atoms with Crippen LogP contribution in [0.15, 0.2) is 24.3 Å². The van der Waals surface area contributed by atoms with Crippen molar-refractivity contribution in [1.82, 2.24) is 10.2 Å². The van der Waals surface area contributed by atoms with E-state index in [2.05, 4.69) is 10.2 Å². The van der Waals surface area contributed by atoms with Crippen LogP contribution in [0.25, 0.3) is 10.1 Å². The van der Waals surface area contributed by atoms with Gasteiger partial charge in [-0.05, 0) is 49.4 Å². The summed E-state index contributed by atoms with van der Waals surface area (Å²) in [6, 6.07) is 5.73. The first-order valence-corrected chi connectivity index (χ1v) is 8.86. The molecular weight excluding hydrogens is 337 g/mol. The van der Waals surface area contributed by atoms with Crippen LogP contribution < -0.4 is 5.32 Å². The Labute approximate surface area is 141 Å². The summed E-state index contributed by atoms with van der Waals surface area (Å²) in [7, 11) is 0. The third-order valence-corrected chi connectivity index (χ3v) is 6.23. The van der Waals surface area contributed by atoms with Crippen LogP contribution in [0.2, 0.25) is 0 Å². The fourth-order valence-electron chi connectivity index (χ4n) is 3.77. The van der Waals surface area contributed by atoms with Crippen molar-refractivity contribution in [3.63, 3.8) is 0 Å². The molecule has 3 nitrogen and oxygen atoms in total. The third-order valence-electron chi connectivity index (χ3n) is 5.05. The smallest absolute Gasteiger partial charge is 0.347 e. The molecule has 0 aliphatic carbocycles. The van der Waals surface area contributed by atoms with Crippen molar-refractivity contribution in [1.29, 1.82) is 0 Å². The van der Waals surface area contributed by atoms with Crippen molar-refractivity contribution in [2.45, 2.75) is 25.1 Å². The molecule has 24 heavy (non-hydrogen) atoms. The number of nitrogens with one attached hydrogen (secondary N) is 1. The molecule has 1 N–H and O–H groups in total. The van der Waals surface area contributed by atoms with Crippen molar-refractivity contribution in [2.75, 3.05) is 19.6 Å². The molecule has 2 bridgehead atoms. The van der Waals surface area contributed by atoms with Gasteiger partial charge in [-0.3, -0.25) is 4.79 Å². The molecule has 0 unspecified atom stereocenters. The van der Waals surface area contributed by atoms with Crippen LogP contribution in [0.1, 0.15) is 28.1 Å². The number of alkyl halides is 3. The first-order valence-electron chi connectivity index (χ1n) is 8.05. The number of benzene rings is 1. The summed E-state index contributed by atoms with van der Waals surface area (Å²) in [5, 5.41) is 3.50. The normalized spacial score (nSPS) is 26.7. The van der Waals surface area contributed by atoms with E-state index >= 15 is 0 Å². The maximum atomic E-state index is 13.1. The lowest BCUT2D eigenvalue weighted by molar-refractivity contribution is -0.136. The van der Waals surface area contributed by atoms with Gasteiger partial charge in [0.15, 0.2) is 0 Å². The zero-order chi connectivity index (χ0) is 16.9. The van der Waals surface area contributed by atoms with E-state index in [1.807, 2.05) is 0 Å². The van der Waals surface area contributed by atoms with Crippen LogP contribution in [0.5, 0.6) is 0 Å². The predicted octanol–water partition coefficient (Wildman–Crippen LogP) is 3.74.